The van der Waals surface area contributed by atoms with Crippen molar-refractivity contribution >= 4 is 15.8 Å². The standard InChI is InChI=1S/C18H27NO5S/c1-6-16(25(21,22)7-2)19-15-11-13-10-12(17(20)23-5)8-9-14(13)24-18(15,3)4/h8-10,15-16,19H,6-7,11H2,1-5H3. The Hall–Kier alpha value is -1.60. The molecule has 0 spiro atoms. The molecule has 0 fully saturated rings. The lowest BCUT2D eigenvalue weighted by atomic mass is 9.88. The Morgan fingerprint density at radius 1 is 1.40 bits per heavy atom. The van der Waals surface area contributed by atoms with Crippen LogP contribution in [-0.2, 0) is 21.0 Å². The fraction of sp³-hybridized carbons (Fsp3) is 0.611. The van der Waals surface area contributed by atoms with Gasteiger partial charge >= 0.3 is 5.97 Å². The van der Waals surface area contributed by atoms with Crippen molar-refractivity contribution in [2.24, 2.45) is 0 Å². The van der Waals surface area contributed by atoms with Gasteiger partial charge in [0.1, 0.15) is 16.7 Å². The molecule has 1 aliphatic rings. The number of methoxy groups -OCH3 is 1. The SMILES string of the molecule is CCC(NC1Cc2cc(C(=O)OC)ccc2OC1(C)C)S(=O)(=O)CC. The molecule has 140 valence electrons. The van der Waals surface area contributed by atoms with Crippen molar-refractivity contribution in [3.05, 3.63) is 29.3 Å². The van der Waals surface area contributed by atoms with Crippen LogP contribution in [0.2, 0.25) is 0 Å². The molecule has 0 radical (unpaired) electrons. The van der Waals surface area contributed by atoms with Crippen LogP contribution in [0.1, 0.15) is 50.0 Å². The number of hydrogen-bond acceptors (Lipinski definition) is 6. The molecule has 0 aromatic heterocycles. The van der Waals surface area contributed by atoms with Crippen molar-refractivity contribution in [1.82, 2.24) is 5.32 Å². The molecular formula is C18H27NO5S. The van der Waals surface area contributed by atoms with Gasteiger partial charge in [-0.15, -0.1) is 0 Å². The van der Waals surface area contributed by atoms with E-state index in [2.05, 4.69) is 5.32 Å². The second-order valence-corrected chi connectivity index (χ2v) is 9.26. The van der Waals surface area contributed by atoms with Crippen molar-refractivity contribution in [3.8, 4) is 5.75 Å². The lowest BCUT2D eigenvalue weighted by Gasteiger charge is -2.42. The van der Waals surface area contributed by atoms with Gasteiger partial charge in [0.25, 0.3) is 0 Å². The lowest BCUT2D eigenvalue weighted by Crippen LogP contribution is -2.58. The summed E-state index contributed by atoms with van der Waals surface area (Å²) in [6.07, 6.45) is 1.06. The summed E-state index contributed by atoms with van der Waals surface area (Å²) in [6, 6.07) is 4.99. The molecule has 0 aliphatic carbocycles. The van der Waals surface area contributed by atoms with Crippen LogP contribution in [0, 0.1) is 0 Å². The number of carbonyl (C=O) groups is 1. The number of sulfone groups is 1. The summed E-state index contributed by atoms with van der Waals surface area (Å²) < 4.78 is 35.4. The van der Waals surface area contributed by atoms with E-state index in [1.54, 1.807) is 25.1 Å². The minimum atomic E-state index is -3.20. The first-order valence-corrected chi connectivity index (χ1v) is 10.2. The third-order valence-corrected chi connectivity index (χ3v) is 6.85. The van der Waals surface area contributed by atoms with Gasteiger partial charge in [0.2, 0.25) is 0 Å². The average molecular weight is 369 g/mol. The second kappa shape index (κ2) is 7.33. The fourth-order valence-electron chi connectivity index (χ4n) is 3.06. The van der Waals surface area contributed by atoms with E-state index in [0.29, 0.717) is 24.2 Å². The highest BCUT2D eigenvalue weighted by Crippen LogP contribution is 2.34. The van der Waals surface area contributed by atoms with Gasteiger partial charge in [-0.1, -0.05) is 13.8 Å². The smallest absolute Gasteiger partial charge is 0.337 e. The first kappa shape index (κ1) is 19.7. The Morgan fingerprint density at radius 3 is 2.64 bits per heavy atom. The predicted molar refractivity (Wildman–Crippen MR) is 96.7 cm³/mol. The van der Waals surface area contributed by atoms with Crippen LogP contribution in [0.5, 0.6) is 5.75 Å². The normalized spacial score (nSPS) is 20.3. The van der Waals surface area contributed by atoms with E-state index in [-0.39, 0.29) is 11.8 Å². The van der Waals surface area contributed by atoms with Crippen molar-refractivity contribution in [2.45, 2.75) is 57.6 Å². The maximum absolute atomic E-state index is 12.3. The Morgan fingerprint density at radius 2 is 2.08 bits per heavy atom. The Kier molecular flexibility index (Phi) is 5.79. The number of fused-ring (bicyclic) bond motifs is 1. The zero-order valence-electron chi connectivity index (χ0n) is 15.5. The van der Waals surface area contributed by atoms with Gasteiger partial charge in [-0.2, -0.15) is 0 Å². The quantitative estimate of drug-likeness (QED) is 0.775. The summed E-state index contributed by atoms with van der Waals surface area (Å²) in [4.78, 5) is 11.7. The first-order valence-electron chi connectivity index (χ1n) is 8.52. The number of esters is 1. The lowest BCUT2D eigenvalue weighted by molar-refractivity contribution is 0.0465. The molecule has 25 heavy (non-hydrogen) atoms. The topological polar surface area (TPSA) is 81.7 Å². The average Bonchev–Trinajstić information content (AvgIpc) is 2.57. The summed E-state index contributed by atoms with van der Waals surface area (Å²) in [5.41, 5.74) is 0.746. The van der Waals surface area contributed by atoms with Crippen LogP contribution >= 0.6 is 0 Å². The molecule has 0 bridgehead atoms. The molecule has 0 saturated heterocycles. The first-order chi connectivity index (χ1) is 11.6. The van der Waals surface area contributed by atoms with Crippen LogP contribution in [-0.4, -0.2) is 44.3 Å². The largest absolute Gasteiger partial charge is 0.486 e. The van der Waals surface area contributed by atoms with Gasteiger partial charge in [0.15, 0.2) is 9.84 Å². The maximum Gasteiger partial charge on any atom is 0.337 e. The zero-order chi connectivity index (χ0) is 18.8. The second-order valence-electron chi connectivity index (χ2n) is 6.79. The van der Waals surface area contributed by atoms with E-state index in [4.69, 9.17) is 9.47 Å². The molecule has 1 N–H and O–H groups in total. The molecular weight excluding hydrogens is 342 g/mol. The molecule has 2 unspecified atom stereocenters. The Balaban J connectivity index is 2.31. The zero-order valence-corrected chi connectivity index (χ0v) is 16.3. The summed E-state index contributed by atoms with van der Waals surface area (Å²) in [5.74, 6) is 0.398. The van der Waals surface area contributed by atoms with Crippen LogP contribution in [0.25, 0.3) is 0 Å². The van der Waals surface area contributed by atoms with Gasteiger partial charge in [-0.3, -0.25) is 5.32 Å². The van der Waals surface area contributed by atoms with Crippen molar-refractivity contribution < 1.29 is 22.7 Å². The molecule has 1 aliphatic heterocycles. The Labute approximate surface area is 149 Å². The monoisotopic (exact) mass is 369 g/mol. The summed E-state index contributed by atoms with van der Waals surface area (Å²) in [7, 11) is -1.86. The molecule has 6 nitrogen and oxygen atoms in total. The van der Waals surface area contributed by atoms with E-state index in [9.17, 15) is 13.2 Å². The maximum atomic E-state index is 12.3. The molecule has 1 heterocycles. The number of hydrogen-bond donors (Lipinski definition) is 1. The minimum Gasteiger partial charge on any atom is -0.486 e. The van der Waals surface area contributed by atoms with Gasteiger partial charge in [-0.25, -0.2) is 13.2 Å². The third kappa shape index (κ3) is 4.15. The van der Waals surface area contributed by atoms with Gasteiger partial charge in [-0.05, 0) is 50.5 Å². The van der Waals surface area contributed by atoms with Gasteiger partial charge in [0, 0.05) is 5.75 Å². The third-order valence-electron chi connectivity index (χ3n) is 4.71. The van der Waals surface area contributed by atoms with Gasteiger partial charge < -0.3 is 9.47 Å². The molecule has 7 heteroatoms. The molecule has 2 atom stereocenters. The van der Waals surface area contributed by atoms with Crippen molar-refractivity contribution in [2.75, 3.05) is 12.9 Å². The van der Waals surface area contributed by atoms with E-state index >= 15 is 0 Å². The van der Waals surface area contributed by atoms with Crippen molar-refractivity contribution in [3.63, 3.8) is 0 Å². The molecule has 1 aromatic carbocycles. The molecule has 0 saturated carbocycles. The highest BCUT2D eigenvalue weighted by Gasteiger charge is 2.39. The molecule has 2 rings (SSSR count). The molecule has 0 amide bonds. The Bertz CT molecular complexity index is 742. The summed E-state index contributed by atoms with van der Waals surface area (Å²) in [6.45, 7) is 7.38. The van der Waals surface area contributed by atoms with Crippen LogP contribution < -0.4 is 10.1 Å². The van der Waals surface area contributed by atoms with Crippen LogP contribution in [0.15, 0.2) is 18.2 Å². The number of nitrogens with one attached hydrogen (secondary N) is 1. The van der Waals surface area contributed by atoms with E-state index in [1.807, 2.05) is 20.8 Å². The van der Waals surface area contributed by atoms with E-state index < -0.39 is 26.8 Å². The predicted octanol–water partition coefficient (Wildman–Crippen LogP) is 2.32. The summed E-state index contributed by atoms with van der Waals surface area (Å²) >= 11 is 0. The number of rotatable bonds is 6. The van der Waals surface area contributed by atoms with Gasteiger partial charge in [0.05, 0.1) is 18.7 Å². The highest BCUT2D eigenvalue weighted by atomic mass is 32.2. The fourth-order valence-corrected chi connectivity index (χ4v) is 4.35. The van der Waals surface area contributed by atoms with Crippen molar-refractivity contribution in [1.29, 1.82) is 0 Å². The van der Waals surface area contributed by atoms with Crippen LogP contribution in [0.3, 0.4) is 0 Å². The highest BCUT2D eigenvalue weighted by molar-refractivity contribution is 7.91. The minimum absolute atomic E-state index is 0.0928. The number of benzene rings is 1. The van der Waals surface area contributed by atoms with E-state index in [1.165, 1.54) is 7.11 Å². The summed E-state index contributed by atoms with van der Waals surface area (Å²) in [5, 5.41) is 2.65. The molecule has 1 aromatic rings. The van der Waals surface area contributed by atoms with E-state index in [0.717, 1.165) is 5.56 Å². The van der Waals surface area contributed by atoms with Crippen LogP contribution in [0.4, 0.5) is 0 Å². The number of ether oxygens (including phenoxy) is 2. The number of carbonyl (C=O) groups excluding carboxylic acids is 1.